The van der Waals surface area contributed by atoms with E-state index in [1.165, 1.54) is 5.56 Å². The maximum absolute atomic E-state index is 12.4. The Balaban J connectivity index is 2.82. The molecule has 0 fully saturated rings. The van der Waals surface area contributed by atoms with Crippen LogP contribution in [0.5, 0.6) is 0 Å². The zero-order valence-corrected chi connectivity index (χ0v) is 11.8. The molecule has 0 radical (unpaired) electrons. The molecule has 1 aromatic carbocycles. The van der Waals surface area contributed by atoms with Gasteiger partial charge in [0.15, 0.2) is 0 Å². The van der Waals surface area contributed by atoms with Gasteiger partial charge in [-0.1, -0.05) is 38.0 Å². The van der Waals surface area contributed by atoms with Crippen LogP contribution < -0.4 is 5.73 Å². The minimum Gasteiger partial charge on any atom is -0.327 e. The molecular weight excluding hydrogens is 230 g/mol. The van der Waals surface area contributed by atoms with Gasteiger partial charge < -0.3 is 5.73 Å². The van der Waals surface area contributed by atoms with Gasteiger partial charge in [-0.25, -0.2) is 0 Å². The van der Waals surface area contributed by atoms with Crippen molar-refractivity contribution in [2.75, 3.05) is 0 Å². The molecule has 3 atom stereocenters. The van der Waals surface area contributed by atoms with E-state index in [0.717, 1.165) is 24.2 Å². The molecule has 0 heterocycles. The fourth-order valence-electron chi connectivity index (χ4n) is 1.98. The molecule has 2 nitrogen and oxygen atoms in total. The lowest BCUT2D eigenvalue weighted by molar-refractivity contribution is 0.550. The first kappa shape index (κ1) is 14.4. The highest BCUT2D eigenvalue weighted by Crippen LogP contribution is 2.18. The van der Waals surface area contributed by atoms with Crippen molar-refractivity contribution in [1.82, 2.24) is 0 Å². The molecule has 0 saturated carbocycles. The third kappa shape index (κ3) is 3.93. The van der Waals surface area contributed by atoms with Crippen molar-refractivity contribution >= 4 is 10.8 Å². The standard InChI is InChI=1S/C14H23NOS/c1-4-6-13(15)14(5-2)17(16)12-9-7-11(3)8-10-12/h7-10,13-14H,4-6,15H2,1-3H3. The maximum Gasteiger partial charge on any atom is 0.0576 e. The van der Waals surface area contributed by atoms with Crippen LogP contribution in [0.2, 0.25) is 0 Å². The van der Waals surface area contributed by atoms with Gasteiger partial charge in [0.2, 0.25) is 0 Å². The average molecular weight is 253 g/mol. The van der Waals surface area contributed by atoms with Crippen LogP contribution in [0.3, 0.4) is 0 Å². The Morgan fingerprint density at radius 2 is 1.82 bits per heavy atom. The molecule has 0 spiro atoms. The minimum absolute atomic E-state index is 0.0344. The summed E-state index contributed by atoms with van der Waals surface area (Å²) in [6, 6.07) is 7.95. The highest BCUT2D eigenvalue weighted by atomic mass is 32.2. The van der Waals surface area contributed by atoms with Gasteiger partial charge in [-0.3, -0.25) is 4.21 Å². The maximum atomic E-state index is 12.4. The Hall–Kier alpha value is -0.670. The largest absolute Gasteiger partial charge is 0.327 e. The Morgan fingerprint density at radius 3 is 2.29 bits per heavy atom. The lowest BCUT2D eigenvalue weighted by atomic mass is 10.1. The van der Waals surface area contributed by atoms with Gasteiger partial charge in [-0.15, -0.1) is 0 Å². The summed E-state index contributed by atoms with van der Waals surface area (Å²) in [7, 11) is -0.986. The molecule has 96 valence electrons. The normalized spacial score (nSPS) is 16.5. The first-order valence-corrected chi connectivity index (χ1v) is 7.54. The highest BCUT2D eigenvalue weighted by molar-refractivity contribution is 7.85. The van der Waals surface area contributed by atoms with E-state index >= 15 is 0 Å². The Morgan fingerprint density at radius 1 is 1.24 bits per heavy atom. The van der Waals surface area contributed by atoms with Crippen LogP contribution in [0, 0.1) is 6.92 Å². The molecule has 3 heteroatoms. The summed E-state index contributed by atoms with van der Waals surface area (Å²) in [6.45, 7) is 6.21. The third-order valence-corrected chi connectivity index (χ3v) is 5.00. The molecule has 2 N–H and O–H groups in total. The number of rotatable bonds is 6. The van der Waals surface area contributed by atoms with Crippen LogP contribution in [0.1, 0.15) is 38.7 Å². The summed E-state index contributed by atoms with van der Waals surface area (Å²) in [5, 5.41) is 0.0673. The van der Waals surface area contributed by atoms with Crippen LogP contribution >= 0.6 is 0 Å². The van der Waals surface area contributed by atoms with Crippen LogP contribution in [0.25, 0.3) is 0 Å². The molecule has 0 amide bonds. The zero-order valence-electron chi connectivity index (χ0n) is 11.0. The first-order valence-electron chi connectivity index (χ1n) is 6.33. The minimum atomic E-state index is -0.986. The van der Waals surface area contributed by atoms with E-state index in [4.69, 9.17) is 5.73 Å². The van der Waals surface area contributed by atoms with Crippen molar-refractivity contribution in [2.24, 2.45) is 5.73 Å². The Labute approximate surface area is 107 Å². The zero-order chi connectivity index (χ0) is 12.8. The summed E-state index contributed by atoms with van der Waals surface area (Å²) >= 11 is 0. The van der Waals surface area contributed by atoms with E-state index in [0.29, 0.717) is 0 Å². The Bertz CT molecular complexity index is 361. The molecule has 1 rings (SSSR count). The van der Waals surface area contributed by atoms with Gasteiger partial charge >= 0.3 is 0 Å². The van der Waals surface area contributed by atoms with Crippen molar-refractivity contribution in [1.29, 1.82) is 0 Å². The third-order valence-electron chi connectivity index (χ3n) is 3.03. The van der Waals surface area contributed by atoms with Gasteiger partial charge in [0.1, 0.15) is 0 Å². The van der Waals surface area contributed by atoms with E-state index < -0.39 is 10.8 Å². The van der Waals surface area contributed by atoms with Crippen LogP contribution in [-0.2, 0) is 10.8 Å². The van der Waals surface area contributed by atoms with E-state index in [1.807, 2.05) is 31.2 Å². The molecule has 0 aliphatic rings. The lowest BCUT2D eigenvalue weighted by Crippen LogP contribution is -2.37. The summed E-state index contributed by atoms with van der Waals surface area (Å²) in [5.74, 6) is 0. The SMILES string of the molecule is CCCC(N)C(CC)S(=O)c1ccc(C)cc1. The Kier molecular flexibility index (Phi) is 5.86. The molecule has 0 bridgehead atoms. The predicted molar refractivity (Wildman–Crippen MR) is 74.5 cm³/mol. The second kappa shape index (κ2) is 6.92. The molecule has 3 unspecified atom stereocenters. The number of nitrogens with two attached hydrogens (primary N) is 1. The quantitative estimate of drug-likeness (QED) is 0.847. The lowest BCUT2D eigenvalue weighted by Gasteiger charge is -2.21. The van der Waals surface area contributed by atoms with Crippen LogP contribution in [0.4, 0.5) is 0 Å². The molecule has 0 aromatic heterocycles. The van der Waals surface area contributed by atoms with E-state index in [9.17, 15) is 4.21 Å². The van der Waals surface area contributed by atoms with Gasteiger partial charge in [0.25, 0.3) is 0 Å². The van der Waals surface area contributed by atoms with E-state index in [1.54, 1.807) is 0 Å². The first-order chi connectivity index (χ1) is 8.10. The summed E-state index contributed by atoms with van der Waals surface area (Å²) in [6.07, 6.45) is 2.85. The van der Waals surface area contributed by atoms with Gasteiger partial charge in [-0.2, -0.15) is 0 Å². The van der Waals surface area contributed by atoms with Crippen molar-refractivity contribution < 1.29 is 4.21 Å². The van der Waals surface area contributed by atoms with Gasteiger partial charge in [0.05, 0.1) is 16.0 Å². The second-order valence-corrected chi connectivity index (χ2v) is 6.18. The summed E-state index contributed by atoms with van der Waals surface area (Å²) in [4.78, 5) is 0.897. The second-order valence-electron chi connectivity index (χ2n) is 4.51. The molecular formula is C14H23NOS. The number of aryl methyl sites for hydroxylation is 1. The monoisotopic (exact) mass is 253 g/mol. The van der Waals surface area contributed by atoms with Crippen LogP contribution in [-0.4, -0.2) is 15.5 Å². The molecule has 0 saturated heterocycles. The van der Waals surface area contributed by atoms with Crippen LogP contribution in [0.15, 0.2) is 29.2 Å². The fourth-order valence-corrected chi connectivity index (χ4v) is 3.49. The molecule has 1 aromatic rings. The topological polar surface area (TPSA) is 43.1 Å². The average Bonchev–Trinajstić information content (AvgIpc) is 2.31. The number of benzene rings is 1. The molecule has 17 heavy (non-hydrogen) atoms. The van der Waals surface area contributed by atoms with Gasteiger partial charge in [-0.05, 0) is 31.9 Å². The predicted octanol–water partition coefficient (Wildman–Crippen LogP) is 3.01. The molecule has 0 aliphatic heterocycles. The smallest absolute Gasteiger partial charge is 0.0576 e. The highest BCUT2D eigenvalue weighted by Gasteiger charge is 2.22. The van der Waals surface area contributed by atoms with Crippen molar-refractivity contribution in [3.63, 3.8) is 0 Å². The number of hydrogen-bond donors (Lipinski definition) is 1. The van der Waals surface area contributed by atoms with E-state index in [2.05, 4.69) is 13.8 Å². The fraction of sp³-hybridized carbons (Fsp3) is 0.571. The van der Waals surface area contributed by atoms with E-state index in [-0.39, 0.29) is 11.3 Å². The van der Waals surface area contributed by atoms with Crippen molar-refractivity contribution in [2.45, 2.75) is 56.2 Å². The summed E-state index contributed by atoms with van der Waals surface area (Å²) < 4.78 is 12.4. The summed E-state index contributed by atoms with van der Waals surface area (Å²) in [5.41, 5.74) is 7.31. The van der Waals surface area contributed by atoms with Crippen molar-refractivity contribution in [3.05, 3.63) is 29.8 Å². The van der Waals surface area contributed by atoms with Gasteiger partial charge in [0, 0.05) is 10.9 Å². The van der Waals surface area contributed by atoms with Crippen molar-refractivity contribution in [3.8, 4) is 0 Å². The molecule has 0 aliphatic carbocycles. The number of hydrogen-bond acceptors (Lipinski definition) is 2.